The summed E-state index contributed by atoms with van der Waals surface area (Å²) >= 11 is 1.87. The number of methoxy groups -OCH3 is 1. The van der Waals surface area contributed by atoms with Crippen molar-refractivity contribution in [2.75, 3.05) is 26.0 Å². The summed E-state index contributed by atoms with van der Waals surface area (Å²) in [5, 5.41) is 0. The summed E-state index contributed by atoms with van der Waals surface area (Å²) in [6.07, 6.45) is 3.67. The Morgan fingerprint density at radius 1 is 1.15 bits per heavy atom. The first kappa shape index (κ1) is 18.6. The van der Waals surface area contributed by atoms with Gasteiger partial charge >= 0.3 is 5.97 Å². The van der Waals surface area contributed by atoms with Crippen LogP contribution < -0.4 is 0 Å². The van der Waals surface area contributed by atoms with Crippen molar-refractivity contribution in [2.24, 2.45) is 5.92 Å². The second-order valence-electron chi connectivity index (χ2n) is 6.37. The minimum atomic E-state index is -0.474. The van der Waals surface area contributed by atoms with E-state index in [1.807, 2.05) is 28.8 Å². The quantitative estimate of drug-likeness (QED) is 0.720. The number of esters is 1. The molecule has 0 saturated carbocycles. The smallest absolute Gasteiger partial charge is 0.338 e. The Bertz CT molecular complexity index is 736. The number of furan rings is 1. The lowest BCUT2D eigenvalue weighted by Crippen LogP contribution is -2.39. The summed E-state index contributed by atoms with van der Waals surface area (Å²) in [5.74, 6) is 3.00. The number of ether oxygens (including phenoxy) is 1. The van der Waals surface area contributed by atoms with Crippen LogP contribution in [0.4, 0.5) is 0 Å². The Hall–Kier alpha value is -2.21. The van der Waals surface area contributed by atoms with Gasteiger partial charge in [0, 0.05) is 13.1 Å². The van der Waals surface area contributed by atoms with Crippen LogP contribution in [0.5, 0.6) is 0 Å². The van der Waals surface area contributed by atoms with Gasteiger partial charge in [0.1, 0.15) is 5.76 Å². The number of piperidine rings is 1. The summed E-state index contributed by atoms with van der Waals surface area (Å²) in [7, 11) is 1.33. The summed E-state index contributed by atoms with van der Waals surface area (Å²) in [5.41, 5.74) is 0.751. The predicted molar refractivity (Wildman–Crippen MR) is 101 cm³/mol. The number of thioether (sulfide) groups is 1. The van der Waals surface area contributed by atoms with E-state index < -0.39 is 5.97 Å². The third-order valence-corrected chi connectivity index (χ3v) is 5.84. The number of rotatable bonds is 6. The van der Waals surface area contributed by atoms with Crippen molar-refractivity contribution in [3.63, 3.8) is 0 Å². The first-order valence-electron chi connectivity index (χ1n) is 8.75. The Balaban J connectivity index is 1.51. The SMILES string of the molecule is COC(=O)c1ccccc1C(=O)N1CCC(CSCc2ccco2)CC1. The number of nitrogens with zero attached hydrogens (tertiary/aromatic N) is 1. The molecule has 0 radical (unpaired) electrons. The molecule has 1 aromatic carbocycles. The van der Waals surface area contributed by atoms with Crippen molar-refractivity contribution in [1.29, 1.82) is 0 Å². The molecule has 5 nitrogen and oxygen atoms in total. The van der Waals surface area contributed by atoms with Crippen molar-refractivity contribution in [2.45, 2.75) is 18.6 Å². The van der Waals surface area contributed by atoms with Gasteiger partial charge in [0.05, 0.1) is 30.3 Å². The minimum absolute atomic E-state index is 0.0901. The van der Waals surface area contributed by atoms with Crippen LogP contribution in [0.2, 0.25) is 0 Å². The number of likely N-dealkylation sites (tertiary alicyclic amines) is 1. The van der Waals surface area contributed by atoms with Gasteiger partial charge < -0.3 is 14.1 Å². The van der Waals surface area contributed by atoms with Crippen molar-refractivity contribution >= 4 is 23.6 Å². The molecule has 138 valence electrons. The molecule has 0 spiro atoms. The maximum Gasteiger partial charge on any atom is 0.338 e. The molecule has 0 unspecified atom stereocenters. The first-order valence-corrected chi connectivity index (χ1v) is 9.91. The summed E-state index contributed by atoms with van der Waals surface area (Å²) < 4.78 is 10.1. The van der Waals surface area contributed by atoms with Crippen LogP contribution in [0.3, 0.4) is 0 Å². The van der Waals surface area contributed by atoms with Gasteiger partial charge in [0.2, 0.25) is 0 Å². The molecule has 0 atom stereocenters. The average molecular weight is 373 g/mol. The van der Waals surface area contributed by atoms with Crippen LogP contribution >= 0.6 is 11.8 Å². The average Bonchev–Trinajstić information content (AvgIpc) is 3.21. The van der Waals surface area contributed by atoms with Crippen LogP contribution in [0.15, 0.2) is 47.1 Å². The highest BCUT2D eigenvalue weighted by molar-refractivity contribution is 7.98. The lowest BCUT2D eigenvalue weighted by atomic mass is 9.97. The van der Waals surface area contributed by atoms with Gasteiger partial charge in [-0.05, 0) is 48.8 Å². The number of carbonyl (C=O) groups is 2. The highest BCUT2D eigenvalue weighted by atomic mass is 32.2. The van der Waals surface area contributed by atoms with Gasteiger partial charge in [0.25, 0.3) is 5.91 Å². The fraction of sp³-hybridized carbons (Fsp3) is 0.400. The molecule has 2 heterocycles. The van der Waals surface area contributed by atoms with Gasteiger partial charge in [-0.2, -0.15) is 11.8 Å². The van der Waals surface area contributed by atoms with Crippen LogP contribution in [-0.2, 0) is 10.5 Å². The normalized spacial score (nSPS) is 15.0. The standard InChI is InChI=1S/C20H23NO4S/c1-24-20(23)18-7-3-2-6-17(18)19(22)21-10-8-15(9-11-21)13-26-14-16-5-4-12-25-16/h2-7,12,15H,8-11,13-14H2,1H3. The first-order chi connectivity index (χ1) is 12.7. The van der Waals surface area contributed by atoms with E-state index in [4.69, 9.17) is 9.15 Å². The Morgan fingerprint density at radius 2 is 1.88 bits per heavy atom. The molecule has 1 fully saturated rings. The minimum Gasteiger partial charge on any atom is -0.468 e. The van der Waals surface area contributed by atoms with Crippen molar-refractivity contribution in [3.05, 3.63) is 59.5 Å². The highest BCUT2D eigenvalue weighted by Gasteiger charge is 2.26. The van der Waals surface area contributed by atoms with Crippen LogP contribution in [-0.4, -0.2) is 42.7 Å². The van der Waals surface area contributed by atoms with E-state index in [1.54, 1.807) is 30.5 Å². The van der Waals surface area contributed by atoms with Crippen molar-refractivity contribution < 1.29 is 18.7 Å². The molecule has 0 aliphatic carbocycles. The Kier molecular flexibility index (Phi) is 6.39. The Morgan fingerprint density at radius 3 is 2.54 bits per heavy atom. The molecule has 0 bridgehead atoms. The molecule has 2 aromatic rings. The number of amides is 1. The Labute approximate surface area is 157 Å². The van der Waals surface area contributed by atoms with E-state index in [1.165, 1.54) is 7.11 Å². The van der Waals surface area contributed by atoms with E-state index in [2.05, 4.69) is 0 Å². The van der Waals surface area contributed by atoms with Gasteiger partial charge in [-0.25, -0.2) is 4.79 Å². The maximum atomic E-state index is 12.8. The van der Waals surface area contributed by atoms with Crippen LogP contribution in [0, 0.1) is 5.92 Å². The largest absolute Gasteiger partial charge is 0.468 e. The molecule has 1 saturated heterocycles. The van der Waals surface area contributed by atoms with E-state index in [9.17, 15) is 9.59 Å². The third-order valence-electron chi connectivity index (χ3n) is 4.64. The van der Waals surface area contributed by atoms with E-state index in [0.29, 0.717) is 17.0 Å². The second kappa shape index (κ2) is 8.94. The number of hydrogen-bond donors (Lipinski definition) is 0. The second-order valence-corrected chi connectivity index (χ2v) is 7.40. The molecule has 1 aliphatic heterocycles. The number of carbonyl (C=O) groups excluding carboxylic acids is 2. The lowest BCUT2D eigenvalue weighted by molar-refractivity contribution is 0.0585. The fourth-order valence-corrected chi connectivity index (χ4v) is 4.30. The zero-order valence-electron chi connectivity index (χ0n) is 14.8. The topological polar surface area (TPSA) is 59.8 Å². The van der Waals surface area contributed by atoms with E-state index in [-0.39, 0.29) is 5.91 Å². The van der Waals surface area contributed by atoms with Gasteiger partial charge in [0.15, 0.2) is 0 Å². The highest BCUT2D eigenvalue weighted by Crippen LogP contribution is 2.25. The predicted octanol–water partition coefficient (Wildman–Crippen LogP) is 3.85. The van der Waals surface area contributed by atoms with Crippen LogP contribution in [0.25, 0.3) is 0 Å². The van der Waals surface area contributed by atoms with Gasteiger partial charge in [-0.1, -0.05) is 12.1 Å². The molecule has 26 heavy (non-hydrogen) atoms. The number of hydrogen-bond acceptors (Lipinski definition) is 5. The zero-order valence-corrected chi connectivity index (χ0v) is 15.7. The summed E-state index contributed by atoms with van der Waals surface area (Å²) in [6, 6.07) is 10.7. The van der Waals surface area contributed by atoms with Gasteiger partial charge in [-0.15, -0.1) is 0 Å². The van der Waals surface area contributed by atoms with Crippen LogP contribution in [0.1, 0.15) is 39.3 Å². The third kappa shape index (κ3) is 4.49. The van der Waals surface area contributed by atoms with Crippen molar-refractivity contribution in [3.8, 4) is 0 Å². The molecular weight excluding hydrogens is 350 g/mol. The molecule has 6 heteroatoms. The van der Waals surface area contributed by atoms with Gasteiger partial charge in [-0.3, -0.25) is 4.79 Å². The lowest BCUT2D eigenvalue weighted by Gasteiger charge is -2.32. The maximum absolute atomic E-state index is 12.8. The summed E-state index contributed by atoms with van der Waals surface area (Å²) in [4.78, 5) is 26.5. The molecule has 3 rings (SSSR count). The molecule has 0 N–H and O–H groups in total. The molecular formula is C20H23NO4S. The monoisotopic (exact) mass is 373 g/mol. The molecule has 1 amide bonds. The van der Waals surface area contributed by atoms with Crippen molar-refractivity contribution in [1.82, 2.24) is 4.90 Å². The summed E-state index contributed by atoms with van der Waals surface area (Å²) in [6.45, 7) is 1.45. The zero-order chi connectivity index (χ0) is 18.4. The number of benzene rings is 1. The van der Waals surface area contributed by atoms with E-state index >= 15 is 0 Å². The molecule has 1 aromatic heterocycles. The fourth-order valence-electron chi connectivity index (χ4n) is 3.15. The van der Waals surface area contributed by atoms with E-state index in [0.717, 1.165) is 43.2 Å². The molecule has 1 aliphatic rings.